The van der Waals surface area contributed by atoms with Gasteiger partial charge in [0, 0.05) is 57.6 Å². The highest BCUT2D eigenvalue weighted by Crippen LogP contribution is 2.35. The van der Waals surface area contributed by atoms with E-state index >= 15 is 0 Å². The Labute approximate surface area is 204 Å². The van der Waals surface area contributed by atoms with Crippen molar-refractivity contribution in [1.82, 2.24) is 20.0 Å². The maximum Gasteiger partial charge on any atom is 0.407 e. The summed E-state index contributed by atoms with van der Waals surface area (Å²) in [7, 11) is 0. The number of carboxylic acid groups (broad SMARTS) is 1. The van der Waals surface area contributed by atoms with Crippen LogP contribution in [0.4, 0.5) is 4.79 Å². The first-order chi connectivity index (χ1) is 16.9. The van der Waals surface area contributed by atoms with Crippen molar-refractivity contribution in [3.05, 3.63) is 71.8 Å². The number of nitrogens with zero attached hydrogens (tertiary/aromatic N) is 3. The Morgan fingerprint density at radius 3 is 2.00 bits per heavy atom. The molecule has 0 saturated carbocycles. The van der Waals surface area contributed by atoms with Gasteiger partial charge in [0.1, 0.15) is 6.04 Å². The third kappa shape index (κ3) is 5.47. The normalized spacial score (nSPS) is 21.3. The number of benzene rings is 2. The van der Waals surface area contributed by atoms with Crippen LogP contribution in [0.2, 0.25) is 0 Å². The average molecular weight is 481 g/mol. The van der Waals surface area contributed by atoms with Crippen molar-refractivity contribution in [3.8, 4) is 0 Å². The fraction of sp³-hybridized carbons (Fsp3) is 0.423. The van der Waals surface area contributed by atoms with Gasteiger partial charge >= 0.3 is 6.09 Å². The first kappa shape index (κ1) is 24.7. The lowest BCUT2D eigenvalue weighted by molar-refractivity contribution is -0.141. The zero-order chi connectivity index (χ0) is 24.9. The number of hydrogen-bond acceptors (Lipinski definition) is 5. The van der Waals surface area contributed by atoms with Crippen LogP contribution < -0.4 is 5.32 Å². The van der Waals surface area contributed by atoms with Crippen LogP contribution in [-0.4, -0.2) is 100 Å². The van der Waals surface area contributed by atoms with Gasteiger partial charge in [0.2, 0.25) is 11.8 Å². The molecule has 186 valence electrons. The van der Waals surface area contributed by atoms with Crippen LogP contribution in [0.3, 0.4) is 0 Å². The molecule has 9 heteroatoms. The Morgan fingerprint density at radius 2 is 1.49 bits per heavy atom. The van der Waals surface area contributed by atoms with Gasteiger partial charge in [0.05, 0.1) is 6.61 Å². The first-order valence-electron chi connectivity index (χ1n) is 11.9. The van der Waals surface area contributed by atoms with Crippen LogP contribution in [-0.2, 0) is 9.59 Å². The summed E-state index contributed by atoms with van der Waals surface area (Å²) in [5.74, 6) is -0.790. The standard InChI is InChI=1S/C26H32N4O5/c1-18(32)27-22(17-31)25(33)28-12-13-30-21(14-28)15-29(26(34)35)16-23(30)24(19-8-4-2-5-9-19)20-10-6-3-7-11-20/h2-11,21-24,31H,12-17H2,1H3,(H,27,32)(H,34,35)/t21-,22?,23?/m0/s1. The van der Waals surface area contributed by atoms with Crippen LogP contribution in [0.25, 0.3) is 0 Å². The number of carbonyl (C=O) groups is 3. The molecule has 2 aromatic carbocycles. The van der Waals surface area contributed by atoms with Crippen LogP contribution >= 0.6 is 0 Å². The van der Waals surface area contributed by atoms with Crippen molar-refractivity contribution in [2.24, 2.45) is 0 Å². The second kappa shape index (κ2) is 10.9. The van der Waals surface area contributed by atoms with Gasteiger partial charge in [0.25, 0.3) is 0 Å². The van der Waals surface area contributed by atoms with Gasteiger partial charge < -0.3 is 25.3 Å². The Morgan fingerprint density at radius 1 is 0.914 bits per heavy atom. The van der Waals surface area contributed by atoms with Crippen molar-refractivity contribution < 1.29 is 24.6 Å². The molecule has 2 heterocycles. The van der Waals surface area contributed by atoms with E-state index < -0.39 is 18.7 Å². The summed E-state index contributed by atoms with van der Waals surface area (Å²) in [5, 5.41) is 22.0. The molecule has 2 aliphatic heterocycles. The molecule has 0 aromatic heterocycles. The molecule has 0 aliphatic carbocycles. The van der Waals surface area contributed by atoms with Crippen LogP contribution in [0.5, 0.6) is 0 Å². The van der Waals surface area contributed by atoms with E-state index in [1.165, 1.54) is 11.8 Å². The number of rotatable bonds is 6. The van der Waals surface area contributed by atoms with E-state index in [9.17, 15) is 24.6 Å². The number of nitrogens with one attached hydrogen (secondary N) is 1. The smallest absolute Gasteiger partial charge is 0.407 e. The Kier molecular flexibility index (Phi) is 7.67. The molecule has 3 N–H and O–H groups in total. The van der Waals surface area contributed by atoms with Crippen molar-refractivity contribution in [2.75, 3.05) is 39.3 Å². The van der Waals surface area contributed by atoms with Crippen molar-refractivity contribution in [2.45, 2.75) is 31.0 Å². The van der Waals surface area contributed by atoms with Gasteiger partial charge in [-0.25, -0.2) is 4.79 Å². The molecule has 0 spiro atoms. The van der Waals surface area contributed by atoms with E-state index in [2.05, 4.69) is 34.5 Å². The van der Waals surface area contributed by atoms with E-state index in [0.717, 1.165) is 11.1 Å². The molecule has 2 unspecified atom stereocenters. The topological polar surface area (TPSA) is 113 Å². The molecule has 2 fully saturated rings. The van der Waals surface area contributed by atoms with E-state index in [0.29, 0.717) is 26.2 Å². The molecule has 35 heavy (non-hydrogen) atoms. The maximum atomic E-state index is 13.0. The number of aliphatic hydroxyl groups excluding tert-OH is 1. The summed E-state index contributed by atoms with van der Waals surface area (Å²) < 4.78 is 0. The van der Waals surface area contributed by atoms with Crippen molar-refractivity contribution >= 4 is 17.9 Å². The average Bonchev–Trinajstić information content (AvgIpc) is 2.87. The second-order valence-electron chi connectivity index (χ2n) is 9.17. The van der Waals surface area contributed by atoms with Gasteiger partial charge in [0.15, 0.2) is 0 Å². The van der Waals surface area contributed by atoms with Crippen LogP contribution in [0.1, 0.15) is 24.0 Å². The molecular formula is C26H32N4O5. The van der Waals surface area contributed by atoms with Crippen LogP contribution in [0.15, 0.2) is 60.7 Å². The zero-order valence-corrected chi connectivity index (χ0v) is 19.8. The molecule has 2 aliphatic rings. The summed E-state index contributed by atoms with van der Waals surface area (Å²) >= 11 is 0. The van der Waals surface area contributed by atoms with Crippen molar-refractivity contribution in [3.63, 3.8) is 0 Å². The summed E-state index contributed by atoms with van der Waals surface area (Å²) in [4.78, 5) is 42.0. The predicted octanol–water partition coefficient (Wildman–Crippen LogP) is 1.19. The predicted molar refractivity (Wildman–Crippen MR) is 130 cm³/mol. The van der Waals surface area contributed by atoms with E-state index in [4.69, 9.17) is 0 Å². The minimum Gasteiger partial charge on any atom is -0.465 e. The molecule has 0 bridgehead atoms. The number of piperazine rings is 2. The number of carbonyl (C=O) groups excluding carboxylic acids is 2. The largest absolute Gasteiger partial charge is 0.465 e. The molecule has 3 atom stereocenters. The fourth-order valence-electron chi connectivity index (χ4n) is 5.39. The third-order valence-corrected chi connectivity index (χ3v) is 6.94. The molecule has 0 radical (unpaired) electrons. The fourth-order valence-corrected chi connectivity index (χ4v) is 5.39. The zero-order valence-electron chi connectivity index (χ0n) is 19.8. The van der Waals surface area contributed by atoms with Gasteiger partial charge in [-0.05, 0) is 11.1 Å². The quantitative estimate of drug-likeness (QED) is 0.573. The SMILES string of the molecule is CC(=O)NC(CO)C(=O)N1CCN2C(C(c3ccccc3)c3ccccc3)CN(C(=O)O)C[C@@H]2C1. The molecule has 3 amide bonds. The summed E-state index contributed by atoms with van der Waals surface area (Å²) in [6.45, 7) is 2.80. The molecule has 2 aromatic rings. The molecule has 4 rings (SSSR count). The van der Waals surface area contributed by atoms with Crippen molar-refractivity contribution in [1.29, 1.82) is 0 Å². The Hall–Kier alpha value is -3.43. The lowest BCUT2D eigenvalue weighted by Crippen LogP contribution is -2.69. The highest BCUT2D eigenvalue weighted by atomic mass is 16.4. The van der Waals surface area contributed by atoms with E-state index in [-0.39, 0.29) is 36.4 Å². The number of fused-ring (bicyclic) bond motifs is 1. The Balaban J connectivity index is 1.64. The lowest BCUT2D eigenvalue weighted by atomic mass is 9.82. The monoisotopic (exact) mass is 480 g/mol. The number of amides is 3. The maximum absolute atomic E-state index is 13.0. The minimum absolute atomic E-state index is 0.0473. The van der Waals surface area contributed by atoms with Gasteiger partial charge in [-0.15, -0.1) is 0 Å². The summed E-state index contributed by atoms with van der Waals surface area (Å²) in [6.07, 6.45) is -0.982. The first-order valence-corrected chi connectivity index (χ1v) is 11.9. The molecular weight excluding hydrogens is 448 g/mol. The van der Waals surface area contributed by atoms with Crippen LogP contribution in [0, 0.1) is 0 Å². The highest BCUT2D eigenvalue weighted by Gasteiger charge is 2.44. The number of aliphatic hydroxyl groups is 1. The summed E-state index contributed by atoms with van der Waals surface area (Å²) in [5.41, 5.74) is 2.22. The minimum atomic E-state index is -1.00. The molecule has 9 nitrogen and oxygen atoms in total. The second-order valence-corrected chi connectivity index (χ2v) is 9.17. The summed E-state index contributed by atoms with van der Waals surface area (Å²) in [6, 6.07) is 18.9. The van der Waals surface area contributed by atoms with E-state index in [1.54, 1.807) is 4.90 Å². The lowest BCUT2D eigenvalue weighted by Gasteiger charge is -2.53. The third-order valence-electron chi connectivity index (χ3n) is 6.94. The highest BCUT2D eigenvalue weighted by molar-refractivity contribution is 5.87. The van der Waals surface area contributed by atoms with Gasteiger partial charge in [-0.3, -0.25) is 14.5 Å². The van der Waals surface area contributed by atoms with Gasteiger partial charge in [-0.2, -0.15) is 0 Å². The van der Waals surface area contributed by atoms with E-state index in [1.807, 2.05) is 36.4 Å². The van der Waals surface area contributed by atoms with Gasteiger partial charge in [-0.1, -0.05) is 60.7 Å². The molecule has 2 saturated heterocycles. The Bertz CT molecular complexity index is 995. The number of hydrogen-bond donors (Lipinski definition) is 3.